The highest BCUT2D eigenvalue weighted by atomic mass is 35.5. The third-order valence-corrected chi connectivity index (χ3v) is 6.87. The lowest BCUT2D eigenvalue weighted by Crippen LogP contribution is -2.29. The van der Waals surface area contributed by atoms with Crippen LogP contribution in [0.25, 0.3) is 5.76 Å². The first-order valence-corrected chi connectivity index (χ1v) is 11.4. The summed E-state index contributed by atoms with van der Waals surface area (Å²) in [7, 11) is 1.42. The third-order valence-electron chi connectivity index (χ3n) is 5.15. The minimum Gasteiger partial charge on any atom is -0.507 e. The number of aliphatic hydroxyl groups is 1. The molecule has 0 aliphatic carbocycles. The van der Waals surface area contributed by atoms with Gasteiger partial charge in [-0.2, -0.15) is 0 Å². The average molecular weight is 509 g/mol. The van der Waals surface area contributed by atoms with Gasteiger partial charge in [-0.25, -0.2) is 0 Å². The maximum atomic E-state index is 13.2. The van der Waals surface area contributed by atoms with E-state index in [4.69, 9.17) is 39.5 Å². The molecular weight excluding hydrogens is 493 g/mol. The van der Waals surface area contributed by atoms with E-state index >= 15 is 0 Å². The van der Waals surface area contributed by atoms with Crippen LogP contribution in [0.2, 0.25) is 15.1 Å². The van der Waals surface area contributed by atoms with E-state index in [9.17, 15) is 14.7 Å². The number of anilines is 1. The Labute approximate surface area is 203 Å². The first kappa shape index (κ1) is 22.7. The van der Waals surface area contributed by atoms with Crippen molar-refractivity contribution in [1.82, 2.24) is 0 Å². The van der Waals surface area contributed by atoms with E-state index in [1.165, 1.54) is 35.5 Å². The summed E-state index contributed by atoms with van der Waals surface area (Å²) in [5, 5.41) is 13.9. The molecule has 1 aliphatic heterocycles. The zero-order chi connectivity index (χ0) is 23.2. The van der Waals surface area contributed by atoms with Gasteiger partial charge in [0, 0.05) is 21.2 Å². The number of hydrogen-bond donors (Lipinski definition) is 1. The summed E-state index contributed by atoms with van der Waals surface area (Å²) < 4.78 is 5.15. The Morgan fingerprint density at radius 1 is 1.09 bits per heavy atom. The van der Waals surface area contributed by atoms with Crippen molar-refractivity contribution < 1.29 is 19.4 Å². The molecule has 1 amide bonds. The van der Waals surface area contributed by atoms with Gasteiger partial charge in [-0.15, -0.1) is 11.3 Å². The molecule has 2 aromatic carbocycles. The number of amides is 1. The number of hydrogen-bond acceptors (Lipinski definition) is 5. The van der Waals surface area contributed by atoms with Gasteiger partial charge in [-0.05, 0) is 54.3 Å². The van der Waals surface area contributed by atoms with Crippen LogP contribution in [0.3, 0.4) is 0 Å². The lowest BCUT2D eigenvalue weighted by molar-refractivity contribution is -0.132. The van der Waals surface area contributed by atoms with Crippen molar-refractivity contribution in [1.29, 1.82) is 0 Å². The summed E-state index contributed by atoms with van der Waals surface area (Å²) in [6.07, 6.45) is 0. The van der Waals surface area contributed by atoms with Crippen molar-refractivity contribution in [2.75, 3.05) is 12.0 Å². The standard InChI is InChI=1S/C23H16Cl3NO4S/c1-11-8-13(24)5-6-16(11)27-19(17-4-3-7-32-17)18(21(29)23(27)30)20(28)12-9-14(25)22(31-2)15(26)10-12/h3-10,19,28H,1-2H3/b20-18-. The molecule has 0 spiro atoms. The van der Waals surface area contributed by atoms with Gasteiger partial charge < -0.3 is 9.84 Å². The molecular formula is C23H16Cl3NO4S. The molecule has 2 heterocycles. The van der Waals surface area contributed by atoms with E-state index < -0.39 is 17.7 Å². The normalized spacial score (nSPS) is 17.8. The van der Waals surface area contributed by atoms with Crippen LogP contribution in [0, 0.1) is 6.92 Å². The molecule has 3 aromatic rings. The van der Waals surface area contributed by atoms with Crippen LogP contribution in [0.1, 0.15) is 22.0 Å². The summed E-state index contributed by atoms with van der Waals surface area (Å²) >= 11 is 19.9. The molecule has 5 nitrogen and oxygen atoms in total. The van der Waals surface area contributed by atoms with Crippen molar-refractivity contribution in [3.8, 4) is 5.75 Å². The number of nitrogens with zero attached hydrogens (tertiary/aromatic N) is 1. The number of methoxy groups -OCH3 is 1. The van der Waals surface area contributed by atoms with Crippen LogP contribution >= 0.6 is 46.1 Å². The Hall–Kier alpha value is -2.51. The van der Waals surface area contributed by atoms with E-state index in [0.29, 0.717) is 15.6 Å². The largest absolute Gasteiger partial charge is 0.507 e. The number of ether oxygens (including phenoxy) is 1. The molecule has 0 saturated carbocycles. The zero-order valence-corrected chi connectivity index (χ0v) is 19.9. The second-order valence-corrected chi connectivity index (χ2v) is 9.32. The predicted molar refractivity (Wildman–Crippen MR) is 128 cm³/mol. The van der Waals surface area contributed by atoms with Crippen LogP contribution in [0.5, 0.6) is 5.75 Å². The second-order valence-electron chi connectivity index (χ2n) is 7.09. The smallest absolute Gasteiger partial charge is 0.300 e. The quantitative estimate of drug-likeness (QED) is 0.243. The van der Waals surface area contributed by atoms with Crippen LogP contribution in [-0.4, -0.2) is 23.9 Å². The molecule has 32 heavy (non-hydrogen) atoms. The summed E-state index contributed by atoms with van der Waals surface area (Å²) in [6, 6.07) is 10.7. The maximum Gasteiger partial charge on any atom is 0.300 e. The minimum atomic E-state index is -0.825. The Bertz CT molecular complexity index is 1250. The highest BCUT2D eigenvalue weighted by Gasteiger charge is 2.47. The molecule has 1 unspecified atom stereocenters. The average Bonchev–Trinajstić information content (AvgIpc) is 3.35. The molecule has 0 bridgehead atoms. The van der Waals surface area contributed by atoms with Gasteiger partial charge in [0.2, 0.25) is 0 Å². The number of ketones is 1. The zero-order valence-electron chi connectivity index (χ0n) is 16.9. The maximum absolute atomic E-state index is 13.2. The molecule has 9 heteroatoms. The molecule has 1 fully saturated rings. The number of halogens is 3. The van der Waals surface area contributed by atoms with Crippen LogP contribution in [-0.2, 0) is 9.59 Å². The molecule has 4 rings (SSSR count). The molecule has 1 saturated heterocycles. The molecule has 0 radical (unpaired) electrons. The Balaban J connectivity index is 1.95. The Kier molecular flexibility index (Phi) is 6.23. The number of carbonyl (C=O) groups is 2. The number of benzene rings is 2. The lowest BCUT2D eigenvalue weighted by atomic mass is 9.99. The molecule has 1 N–H and O–H groups in total. The predicted octanol–water partition coefficient (Wildman–Crippen LogP) is 6.65. The fourth-order valence-corrected chi connectivity index (χ4v) is 5.42. The van der Waals surface area contributed by atoms with Gasteiger partial charge in [0.15, 0.2) is 5.75 Å². The lowest BCUT2D eigenvalue weighted by Gasteiger charge is -2.25. The minimum absolute atomic E-state index is 0.0518. The topological polar surface area (TPSA) is 66.8 Å². The van der Waals surface area contributed by atoms with E-state index in [1.54, 1.807) is 31.2 Å². The van der Waals surface area contributed by atoms with E-state index in [0.717, 1.165) is 5.56 Å². The molecule has 1 aliphatic rings. The SMILES string of the molecule is COc1c(Cl)cc(/C(O)=C2/C(=O)C(=O)N(c3ccc(Cl)cc3C)C2c2cccs2)cc1Cl. The third kappa shape index (κ3) is 3.77. The van der Waals surface area contributed by atoms with E-state index in [-0.39, 0.29) is 32.7 Å². The number of carbonyl (C=O) groups excluding carboxylic acids is 2. The Morgan fingerprint density at radius 3 is 2.34 bits per heavy atom. The summed E-state index contributed by atoms with van der Waals surface area (Å²) in [4.78, 5) is 28.4. The van der Waals surface area contributed by atoms with Gasteiger partial charge in [-0.1, -0.05) is 40.9 Å². The number of rotatable bonds is 4. The van der Waals surface area contributed by atoms with Crippen molar-refractivity contribution in [3.05, 3.63) is 84.5 Å². The van der Waals surface area contributed by atoms with Crippen molar-refractivity contribution >= 4 is 69.3 Å². The molecule has 1 atom stereocenters. The molecule has 164 valence electrons. The van der Waals surface area contributed by atoms with E-state index in [1.807, 2.05) is 11.4 Å². The van der Waals surface area contributed by atoms with Crippen LogP contribution < -0.4 is 9.64 Å². The highest BCUT2D eigenvalue weighted by Crippen LogP contribution is 2.45. The first-order chi connectivity index (χ1) is 15.2. The number of aryl methyl sites for hydroxylation is 1. The highest BCUT2D eigenvalue weighted by molar-refractivity contribution is 7.10. The Morgan fingerprint density at radius 2 is 1.78 bits per heavy atom. The van der Waals surface area contributed by atoms with Gasteiger partial charge >= 0.3 is 0 Å². The van der Waals surface area contributed by atoms with E-state index in [2.05, 4.69) is 0 Å². The number of thiophene rings is 1. The van der Waals surface area contributed by atoms with Crippen molar-refractivity contribution in [3.63, 3.8) is 0 Å². The fourth-order valence-electron chi connectivity index (χ4n) is 3.73. The summed E-state index contributed by atoms with van der Waals surface area (Å²) in [5.41, 5.74) is 1.40. The van der Waals surface area contributed by atoms with Crippen LogP contribution in [0.15, 0.2) is 53.4 Å². The number of aliphatic hydroxyl groups excluding tert-OH is 1. The first-order valence-electron chi connectivity index (χ1n) is 9.38. The van der Waals surface area contributed by atoms with Crippen LogP contribution in [0.4, 0.5) is 5.69 Å². The monoisotopic (exact) mass is 507 g/mol. The van der Waals surface area contributed by atoms with Gasteiger partial charge in [0.1, 0.15) is 11.8 Å². The van der Waals surface area contributed by atoms with Crippen molar-refractivity contribution in [2.24, 2.45) is 0 Å². The summed E-state index contributed by atoms with van der Waals surface area (Å²) in [5.74, 6) is -1.68. The fraction of sp³-hybridized carbons (Fsp3) is 0.130. The van der Waals surface area contributed by atoms with Gasteiger partial charge in [0.05, 0.1) is 22.7 Å². The second kappa shape index (κ2) is 8.79. The molecule has 1 aromatic heterocycles. The van der Waals surface area contributed by atoms with Gasteiger partial charge in [-0.3, -0.25) is 14.5 Å². The number of Topliss-reactive ketones (excluding diaryl/α,β-unsaturated/α-hetero) is 1. The van der Waals surface area contributed by atoms with Crippen molar-refractivity contribution in [2.45, 2.75) is 13.0 Å². The summed E-state index contributed by atoms with van der Waals surface area (Å²) in [6.45, 7) is 1.80. The van der Waals surface area contributed by atoms with Gasteiger partial charge in [0.25, 0.3) is 11.7 Å².